The summed E-state index contributed by atoms with van der Waals surface area (Å²) < 4.78 is 0. The van der Waals surface area contributed by atoms with Gasteiger partial charge in [0.2, 0.25) is 5.91 Å². The predicted octanol–water partition coefficient (Wildman–Crippen LogP) is 0.0609. The van der Waals surface area contributed by atoms with Crippen molar-refractivity contribution < 1.29 is 15.0 Å². The van der Waals surface area contributed by atoms with Crippen LogP contribution < -0.4 is 11.1 Å². The van der Waals surface area contributed by atoms with Gasteiger partial charge in [0, 0.05) is 12.1 Å². The second kappa shape index (κ2) is 6.37. The second-order valence-electron chi connectivity index (χ2n) is 4.67. The predicted molar refractivity (Wildman–Crippen MR) is 69.9 cm³/mol. The van der Waals surface area contributed by atoms with Gasteiger partial charge in [-0.15, -0.1) is 0 Å². The number of hydrogen-bond donors (Lipinski definition) is 4. The third-order valence-corrected chi connectivity index (χ3v) is 2.73. The number of nitrogens with one attached hydrogen (secondary N) is 1. The van der Waals surface area contributed by atoms with Crippen molar-refractivity contribution in [2.45, 2.75) is 25.3 Å². The number of nitrogen functional groups attached to an aromatic ring is 1. The Balaban J connectivity index is 2.47. The SMILES string of the molecule is CC(CO)(CO)NC(=O)CCc1cccc(N)c1. The minimum atomic E-state index is -0.965. The van der Waals surface area contributed by atoms with Crippen molar-refractivity contribution in [3.63, 3.8) is 0 Å². The van der Waals surface area contributed by atoms with Gasteiger partial charge in [-0.1, -0.05) is 12.1 Å². The van der Waals surface area contributed by atoms with Crippen LogP contribution in [0, 0.1) is 0 Å². The fourth-order valence-corrected chi connectivity index (χ4v) is 1.53. The maximum atomic E-state index is 11.7. The summed E-state index contributed by atoms with van der Waals surface area (Å²) in [4.78, 5) is 11.7. The Kier molecular flexibility index (Phi) is 5.12. The smallest absolute Gasteiger partial charge is 0.220 e. The van der Waals surface area contributed by atoms with Crippen LogP contribution in [0.4, 0.5) is 5.69 Å². The molecule has 0 aliphatic rings. The van der Waals surface area contributed by atoms with E-state index in [1.807, 2.05) is 18.2 Å². The Morgan fingerprint density at radius 1 is 1.39 bits per heavy atom. The van der Waals surface area contributed by atoms with Gasteiger partial charge in [0.25, 0.3) is 0 Å². The number of carbonyl (C=O) groups excluding carboxylic acids is 1. The number of nitrogens with two attached hydrogens (primary N) is 1. The third kappa shape index (κ3) is 4.35. The molecule has 0 aliphatic heterocycles. The second-order valence-corrected chi connectivity index (χ2v) is 4.67. The van der Waals surface area contributed by atoms with E-state index in [0.29, 0.717) is 18.5 Å². The van der Waals surface area contributed by atoms with Gasteiger partial charge in [-0.3, -0.25) is 4.79 Å². The Morgan fingerprint density at radius 2 is 2.06 bits per heavy atom. The largest absolute Gasteiger partial charge is 0.399 e. The Bertz CT molecular complexity index is 403. The molecule has 1 aromatic rings. The van der Waals surface area contributed by atoms with Crippen LogP contribution in [0.3, 0.4) is 0 Å². The molecule has 1 rings (SSSR count). The van der Waals surface area contributed by atoms with Crippen LogP contribution in [0.5, 0.6) is 0 Å². The van der Waals surface area contributed by atoms with Crippen LogP contribution in [0.1, 0.15) is 18.9 Å². The van der Waals surface area contributed by atoms with Crippen LogP contribution in [-0.4, -0.2) is 34.9 Å². The van der Waals surface area contributed by atoms with Gasteiger partial charge in [-0.25, -0.2) is 0 Å². The standard InChI is InChI=1S/C13H20N2O3/c1-13(8-16,9-17)15-12(18)6-5-10-3-2-4-11(14)7-10/h2-4,7,16-17H,5-6,8-9,14H2,1H3,(H,15,18). The number of carbonyl (C=O) groups is 1. The number of aryl methyl sites for hydroxylation is 1. The number of rotatable bonds is 6. The van der Waals surface area contributed by atoms with E-state index < -0.39 is 5.54 Å². The fraction of sp³-hybridized carbons (Fsp3) is 0.462. The molecule has 5 heteroatoms. The lowest BCUT2D eigenvalue weighted by Crippen LogP contribution is -2.51. The number of hydrogen-bond acceptors (Lipinski definition) is 4. The lowest BCUT2D eigenvalue weighted by Gasteiger charge is -2.26. The van der Waals surface area contributed by atoms with E-state index in [-0.39, 0.29) is 19.1 Å². The molecule has 0 spiro atoms. The van der Waals surface area contributed by atoms with E-state index in [1.165, 1.54) is 0 Å². The number of amides is 1. The van der Waals surface area contributed by atoms with E-state index in [0.717, 1.165) is 5.56 Å². The molecule has 0 aliphatic carbocycles. The van der Waals surface area contributed by atoms with Crippen LogP contribution in [0.15, 0.2) is 24.3 Å². The highest BCUT2D eigenvalue weighted by Gasteiger charge is 2.24. The summed E-state index contributed by atoms with van der Waals surface area (Å²) in [7, 11) is 0. The maximum absolute atomic E-state index is 11.7. The number of aliphatic hydroxyl groups is 2. The molecule has 0 aromatic heterocycles. The monoisotopic (exact) mass is 252 g/mol. The van der Waals surface area contributed by atoms with Crippen molar-refractivity contribution in [2.75, 3.05) is 18.9 Å². The first-order valence-electron chi connectivity index (χ1n) is 5.86. The van der Waals surface area contributed by atoms with E-state index in [1.54, 1.807) is 13.0 Å². The normalized spacial score (nSPS) is 11.3. The maximum Gasteiger partial charge on any atom is 0.220 e. The quantitative estimate of drug-likeness (QED) is 0.538. The summed E-state index contributed by atoms with van der Waals surface area (Å²) in [5, 5.41) is 20.7. The molecule has 0 atom stereocenters. The molecule has 0 saturated heterocycles. The zero-order valence-corrected chi connectivity index (χ0v) is 10.5. The number of aliphatic hydroxyl groups excluding tert-OH is 2. The van der Waals surface area contributed by atoms with Gasteiger partial charge in [-0.05, 0) is 31.0 Å². The average molecular weight is 252 g/mol. The van der Waals surface area contributed by atoms with Crippen molar-refractivity contribution in [1.29, 1.82) is 0 Å². The molecular weight excluding hydrogens is 232 g/mol. The molecule has 0 bridgehead atoms. The third-order valence-electron chi connectivity index (χ3n) is 2.73. The van der Waals surface area contributed by atoms with Crippen molar-refractivity contribution in [1.82, 2.24) is 5.32 Å². The van der Waals surface area contributed by atoms with Gasteiger partial charge < -0.3 is 21.3 Å². The van der Waals surface area contributed by atoms with Crippen LogP contribution in [0.2, 0.25) is 0 Å². The molecule has 0 fully saturated rings. The van der Waals surface area contributed by atoms with Crippen molar-refractivity contribution >= 4 is 11.6 Å². The molecule has 1 aromatic carbocycles. The highest BCUT2D eigenvalue weighted by Crippen LogP contribution is 2.09. The topological polar surface area (TPSA) is 95.6 Å². The van der Waals surface area contributed by atoms with Crippen LogP contribution >= 0.6 is 0 Å². The Morgan fingerprint density at radius 3 is 2.61 bits per heavy atom. The number of benzene rings is 1. The molecule has 100 valence electrons. The van der Waals surface area contributed by atoms with Gasteiger partial charge in [-0.2, -0.15) is 0 Å². The first kappa shape index (κ1) is 14.5. The Hall–Kier alpha value is -1.59. The summed E-state index contributed by atoms with van der Waals surface area (Å²) in [5.74, 6) is -0.206. The van der Waals surface area contributed by atoms with Crippen LogP contribution in [-0.2, 0) is 11.2 Å². The van der Waals surface area contributed by atoms with Crippen LogP contribution in [0.25, 0.3) is 0 Å². The minimum Gasteiger partial charge on any atom is -0.399 e. The highest BCUT2D eigenvalue weighted by molar-refractivity contribution is 5.77. The molecule has 1 amide bonds. The molecule has 0 saturated carbocycles. The molecule has 5 nitrogen and oxygen atoms in total. The fourth-order valence-electron chi connectivity index (χ4n) is 1.53. The molecule has 5 N–H and O–H groups in total. The first-order chi connectivity index (χ1) is 8.49. The van der Waals surface area contributed by atoms with Crippen molar-refractivity contribution in [2.24, 2.45) is 0 Å². The summed E-state index contributed by atoms with van der Waals surface area (Å²) in [5.41, 5.74) is 6.33. The summed E-state index contributed by atoms with van der Waals surface area (Å²) >= 11 is 0. The van der Waals surface area contributed by atoms with Crippen molar-refractivity contribution in [3.05, 3.63) is 29.8 Å². The van der Waals surface area contributed by atoms with E-state index in [9.17, 15) is 4.79 Å². The minimum absolute atomic E-state index is 0.206. The van der Waals surface area contributed by atoms with E-state index in [4.69, 9.17) is 15.9 Å². The summed E-state index contributed by atoms with van der Waals surface area (Å²) in [6, 6.07) is 7.36. The van der Waals surface area contributed by atoms with Gasteiger partial charge in [0.15, 0.2) is 0 Å². The lowest BCUT2D eigenvalue weighted by atomic mass is 10.0. The van der Waals surface area contributed by atoms with Crippen molar-refractivity contribution in [3.8, 4) is 0 Å². The highest BCUT2D eigenvalue weighted by atomic mass is 16.3. The lowest BCUT2D eigenvalue weighted by molar-refractivity contribution is -0.124. The first-order valence-corrected chi connectivity index (χ1v) is 5.86. The Labute approximate surface area is 107 Å². The van der Waals surface area contributed by atoms with E-state index in [2.05, 4.69) is 5.32 Å². The molecule has 0 unspecified atom stereocenters. The van der Waals surface area contributed by atoms with Gasteiger partial charge >= 0.3 is 0 Å². The molecule has 18 heavy (non-hydrogen) atoms. The number of anilines is 1. The molecule has 0 radical (unpaired) electrons. The summed E-state index contributed by atoms with van der Waals surface area (Å²) in [6.45, 7) is 0.993. The molecule has 0 heterocycles. The average Bonchev–Trinajstić information content (AvgIpc) is 2.36. The van der Waals surface area contributed by atoms with Gasteiger partial charge in [0.1, 0.15) is 0 Å². The van der Waals surface area contributed by atoms with E-state index >= 15 is 0 Å². The summed E-state index contributed by atoms with van der Waals surface area (Å²) in [6.07, 6.45) is 0.864. The zero-order chi connectivity index (χ0) is 13.6. The van der Waals surface area contributed by atoms with Gasteiger partial charge in [0.05, 0.1) is 18.8 Å². The zero-order valence-electron chi connectivity index (χ0n) is 10.5. The molecular formula is C13H20N2O3.